The Balaban J connectivity index is 2.71. The van der Waals surface area contributed by atoms with Gasteiger partial charge in [0, 0.05) is 6.04 Å². The summed E-state index contributed by atoms with van der Waals surface area (Å²) < 4.78 is 0. The number of hydrogen-bond acceptors (Lipinski definition) is 3. The van der Waals surface area contributed by atoms with Crippen molar-refractivity contribution in [3.63, 3.8) is 0 Å². The van der Waals surface area contributed by atoms with Crippen LogP contribution in [0.25, 0.3) is 0 Å². The number of benzene rings is 1. The van der Waals surface area contributed by atoms with Crippen molar-refractivity contribution < 1.29 is 10.2 Å². The smallest absolute Gasteiger partial charge is 0.124 e. The maximum absolute atomic E-state index is 9.80. The third-order valence-electron chi connectivity index (χ3n) is 3.25. The van der Waals surface area contributed by atoms with Gasteiger partial charge in [0.1, 0.15) is 11.5 Å². The summed E-state index contributed by atoms with van der Waals surface area (Å²) in [4.78, 5) is 2.16. The molecule has 0 aliphatic carbocycles. The van der Waals surface area contributed by atoms with Crippen molar-refractivity contribution in [2.45, 2.75) is 39.2 Å². The third-order valence-corrected chi connectivity index (χ3v) is 3.25. The van der Waals surface area contributed by atoms with Gasteiger partial charge in [-0.2, -0.15) is 0 Å². The van der Waals surface area contributed by atoms with E-state index in [-0.39, 0.29) is 17.5 Å². The molecule has 1 unspecified atom stereocenters. The highest BCUT2D eigenvalue weighted by molar-refractivity contribution is 5.44. The minimum absolute atomic E-state index is 0.0213. The van der Waals surface area contributed by atoms with Crippen molar-refractivity contribution in [2.24, 2.45) is 0 Å². The molecule has 0 aliphatic heterocycles. The normalized spacial score (nSPS) is 12.9. The summed E-state index contributed by atoms with van der Waals surface area (Å²) in [5.74, 6) is 0.333. The summed E-state index contributed by atoms with van der Waals surface area (Å²) in [6.45, 7) is 5.15. The molecule has 0 spiro atoms. The van der Waals surface area contributed by atoms with Gasteiger partial charge < -0.3 is 10.2 Å². The number of unbranched alkanes of at least 4 members (excludes halogenated alkanes) is 2. The van der Waals surface area contributed by atoms with Gasteiger partial charge in [-0.05, 0) is 39.1 Å². The molecule has 0 heterocycles. The lowest BCUT2D eigenvalue weighted by Gasteiger charge is -2.26. The monoisotopic (exact) mass is 237 g/mol. The molecule has 1 aromatic carbocycles. The Morgan fingerprint density at radius 1 is 1.18 bits per heavy atom. The van der Waals surface area contributed by atoms with E-state index >= 15 is 0 Å². The zero-order valence-corrected chi connectivity index (χ0v) is 11.0. The number of phenolic OH excluding ortho intramolecular Hbond substituents is 2. The van der Waals surface area contributed by atoms with E-state index in [1.165, 1.54) is 12.8 Å². The molecule has 0 saturated heterocycles. The SMILES string of the molecule is CCCCCN(C)C(C)c1c(O)cccc1O. The molecule has 0 aromatic heterocycles. The first-order valence-electron chi connectivity index (χ1n) is 6.29. The second-order valence-corrected chi connectivity index (χ2v) is 4.57. The van der Waals surface area contributed by atoms with Crippen LogP contribution < -0.4 is 0 Å². The lowest BCUT2D eigenvalue weighted by molar-refractivity contribution is 0.245. The Bertz CT molecular complexity index is 332. The number of aromatic hydroxyl groups is 2. The van der Waals surface area contributed by atoms with Gasteiger partial charge in [-0.25, -0.2) is 0 Å². The van der Waals surface area contributed by atoms with Crippen molar-refractivity contribution in [3.05, 3.63) is 23.8 Å². The fourth-order valence-corrected chi connectivity index (χ4v) is 1.99. The average molecular weight is 237 g/mol. The maximum Gasteiger partial charge on any atom is 0.124 e. The van der Waals surface area contributed by atoms with Gasteiger partial charge in [-0.15, -0.1) is 0 Å². The zero-order chi connectivity index (χ0) is 12.8. The van der Waals surface area contributed by atoms with E-state index in [4.69, 9.17) is 0 Å². The Kier molecular flexibility index (Phi) is 5.29. The molecule has 1 aromatic rings. The molecule has 0 radical (unpaired) electrons. The van der Waals surface area contributed by atoms with E-state index in [0.717, 1.165) is 13.0 Å². The van der Waals surface area contributed by atoms with E-state index in [9.17, 15) is 10.2 Å². The van der Waals surface area contributed by atoms with Crippen LogP contribution in [0.2, 0.25) is 0 Å². The van der Waals surface area contributed by atoms with Gasteiger partial charge in [0.2, 0.25) is 0 Å². The molecule has 17 heavy (non-hydrogen) atoms. The number of nitrogens with zero attached hydrogens (tertiary/aromatic N) is 1. The average Bonchev–Trinajstić information content (AvgIpc) is 2.28. The van der Waals surface area contributed by atoms with Gasteiger partial charge in [0.25, 0.3) is 0 Å². The highest BCUT2D eigenvalue weighted by Crippen LogP contribution is 2.34. The summed E-state index contributed by atoms with van der Waals surface area (Å²) in [7, 11) is 2.02. The van der Waals surface area contributed by atoms with Gasteiger partial charge in [0.05, 0.1) is 5.56 Å². The fraction of sp³-hybridized carbons (Fsp3) is 0.571. The Labute approximate surface area is 104 Å². The van der Waals surface area contributed by atoms with Crippen LogP contribution in [-0.2, 0) is 0 Å². The first-order chi connectivity index (χ1) is 8.07. The summed E-state index contributed by atoms with van der Waals surface area (Å²) in [6, 6.07) is 4.91. The predicted octanol–water partition coefficient (Wildman–Crippen LogP) is 3.28. The standard InChI is InChI=1S/C14H23NO2/c1-4-5-6-10-15(3)11(2)14-12(16)8-7-9-13(14)17/h7-9,11,16-17H,4-6,10H2,1-3H3. The van der Waals surface area contributed by atoms with Crippen LogP contribution in [0.1, 0.15) is 44.7 Å². The Morgan fingerprint density at radius 2 is 1.76 bits per heavy atom. The maximum atomic E-state index is 9.80. The van der Waals surface area contributed by atoms with E-state index in [1.54, 1.807) is 18.2 Å². The van der Waals surface area contributed by atoms with Crippen molar-refractivity contribution in [2.75, 3.05) is 13.6 Å². The molecule has 1 rings (SSSR count). The molecule has 1 atom stereocenters. The van der Waals surface area contributed by atoms with E-state index in [1.807, 2.05) is 14.0 Å². The Morgan fingerprint density at radius 3 is 2.29 bits per heavy atom. The largest absolute Gasteiger partial charge is 0.507 e. The fourth-order valence-electron chi connectivity index (χ4n) is 1.99. The molecule has 0 fully saturated rings. The van der Waals surface area contributed by atoms with Gasteiger partial charge in [-0.3, -0.25) is 4.90 Å². The minimum Gasteiger partial charge on any atom is -0.507 e. The van der Waals surface area contributed by atoms with Crippen molar-refractivity contribution in [3.8, 4) is 11.5 Å². The Hall–Kier alpha value is -1.22. The lowest BCUT2D eigenvalue weighted by atomic mass is 10.0. The summed E-state index contributed by atoms with van der Waals surface area (Å²) in [5, 5.41) is 19.6. The first-order valence-corrected chi connectivity index (χ1v) is 6.29. The van der Waals surface area contributed by atoms with E-state index < -0.39 is 0 Å². The van der Waals surface area contributed by atoms with Crippen molar-refractivity contribution >= 4 is 0 Å². The molecule has 0 saturated carbocycles. The van der Waals surface area contributed by atoms with Crippen LogP contribution in [-0.4, -0.2) is 28.7 Å². The second-order valence-electron chi connectivity index (χ2n) is 4.57. The molecular formula is C14H23NO2. The highest BCUT2D eigenvalue weighted by atomic mass is 16.3. The number of hydrogen-bond donors (Lipinski definition) is 2. The summed E-state index contributed by atoms with van der Waals surface area (Å²) in [6.07, 6.45) is 3.56. The van der Waals surface area contributed by atoms with Crippen molar-refractivity contribution in [1.29, 1.82) is 0 Å². The summed E-state index contributed by atoms with van der Waals surface area (Å²) >= 11 is 0. The molecule has 0 amide bonds. The number of phenols is 2. The van der Waals surface area contributed by atoms with Gasteiger partial charge in [-0.1, -0.05) is 25.8 Å². The van der Waals surface area contributed by atoms with Crippen LogP contribution >= 0.6 is 0 Å². The van der Waals surface area contributed by atoms with Crippen molar-refractivity contribution in [1.82, 2.24) is 4.90 Å². The zero-order valence-electron chi connectivity index (χ0n) is 11.0. The molecular weight excluding hydrogens is 214 g/mol. The molecule has 0 aliphatic rings. The molecule has 0 bridgehead atoms. The number of rotatable bonds is 6. The van der Waals surface area contributed by atoms with Gasteiger partial charge in [0.15, 0.2) is 0 Å². The summed E-state index contributed by atoms with van der Waals surface area (Å²) in [5.41, 5.74) is 0.617. The quantitative estimate of drug-likeness (QED) is 0.746. The molecule has 96 valence electrons. The van der Waals surface area contributed by atoms with Crippen LogP contribution in [0.5, 0.6) is 11.5 Å². The highest BCUT2D eigenvalue weighted by Gasteiger charge is 2.18. The first kappa shape index (κ1) is 13.8. The molecule has 2 N–H and O–H groups in total. The lowest BCUT2D eigenvalue weighted by Crippen LogP contribution is -2.23. The van der Waals surface area contributed by atoms with Crippen LogP contribution in [0.15, 0.2) is 18.2 Å². The third kappa shape index (κ3) is 3.63. The second kappa shape index (κ2) is 6.50. The van der Waals surface area contributed by atoms with Gasteiger partial charge >= 0.3 is 0 Å². The topological polar surface area (TPSA) is 43.7 Å². The molecule has 3 heteroatoms. The molecule has 3 nitrogen and oxygen atoms in total. The van der Waals surface area contributed by atoms with Crippen LogP contribution in [0, 0.1) is 0 Å². The minimum atomic E-state index is 0.0213. The predicted molar refractivity (Wildman–Crippen MR) is 70.3 cm³/mol. The van der Waals surface area contributed by atoms with E-state index in [0.29, 0.717) is 5.56 Å². The van der Waals surface area contributed by atoms with Crippen LogP contribution in [0.3, 0.4) is 0 Å². The van der Waals surface area contributed by atoms with E-state index in [2.05, 4.69) is 11.8 Å². The van der Waals surface area contributed by atoms with Crippen LogP contribution in [0.4, 0.5) is 0 Å².